The van der Waals surface area contributed by atoms with Crippen LogP contribution in [0.1, 0.15) is 58.2 Å². The summed E-state index contributed by atoms with van der Waals surface area (Å²) < 4.78 is 20.8. The van der Waals surface area contributed by atoms with Crippen molar-refractivity contribution < 1.29 is 23.8 Å². The number of carbonyl (C=O) groups excluding carboxylic acids is 2. The normalized spacial score (nSPS) is 18.4. The summed E-state index contributed by atoms with van der Waals surface area (Å²) in [4.78, 5) is 40.8. The number of fused-ring (bicyclic) bond motifs is 3. The molecule has 9 nitrogen and oxygen atoms in total. The quantitative estimate of drug-likeness (QED) is 0.665. The summed E-state index contributed by atoms with van der Waals surface area (Å²) in [5.74, 6) is -2.49. The Kier molecular flexibility index (Phi) is 6.60. The monoisotopic (exact) mass is 472 g/mol. The molecule has 0 unspecified atom stereocenters. The summed E-state index contributed by atoms with van der Waals surface area (Å²) in [6.45, 7) is 4.37. The van der Waals surface area contributed by atoms with Crippen molar-refractivity contribution in [2.45, 2.75) is 51.9 Å². The predicted octanol–water partition coefficient (Wildman–Crippen LogP) is 1.87. The van der Waals surface area contributed by atoms with Gasteiger partial charge in [-0.1, -0.05) is 12.1 Å². The number of amides is 2. The molecule has 1 aromatic heterocycles. The first-order valence-corrected chi connectivity index (χ1v) is 11.3. The molecular formula is C24H29FN4O5. The molecular weight excluding hydrogens is 443 g/mol. The zero-order valence-electron chi connectivity index (χ0n) is 19.5. The molecule has 1 aromatic carbocycles. The van der Waals surface area contributed by atoms with Crippen LogP contribution in [0.15, 0.2) is 29.2 Å². The van der Waals surface area contributed by atoms with E-state index in [2.05, 4.69) is 5.32 Å². The third-order valence-electron chi connectivity index (χ3n) is 6.42. The summed E-state index contributed by atoms with van der Waals surface area (Å²) in [5, 5.41) is 15.2. The van der Waals surface area contributed by atoms with E-state index in [1.165, 1.54) is 16.9 Å². The smallest absolute Gasteiger partial charge is 0.278 e. The van der Waals surface area contributed by atoms with Crippen LogP contribution < -0.4 is 15.8 Å². The fraction of sp³-hybridized carbons (Fsp3) is 0.458. The lowest BCUT2D eigenvalue weighted by Gasteiger charge is -2.50. The summed E-state index contributed by atoms with van der Waals surface area (Å²) in [5.41, 5.74) is -0.414. The number of rotatable bonds is 6. The zero-order valence-corrected chi connectivity index (χ0v) is 19.5. The molecule has 182 valence electrons. The van der Waals surface area contributed by atoms with E-state index in [4.69, 9.17) is 4.74 Å². The molecule has 0 spiro atoms. The number of nitrogens with one attached hydrogen (secondary N) is 1. The minimum atomic E-state index is -0.948. The van der Waals surface area contributed by atoms with E-state index in [1.54, 1.807) is 31.1 Å². The van der Waals surface area contributed by atoms with Gasteiger partial charge in [0, 0.05) is 32.0 Å². The molecule has 2 aliphatic heterocycles. The van der Waals surface area contributed by atoms with Gasteiger partial charge in [0.2, 0.25) is 5.43 Å². The molecule has 2 N–H and O–H groups in total. The number of carbonyl (C=O) groups is 2. The van der Waals surface area contributed by atoms with Crippen molar-refractivity contribution in [1.82, 2.24) is 14.9 Å². The Morgan fingerprint density at radius 2 is 2.09 bits per heavy atom. The highest BCUT2D eigenvalue weighted by Crippen LogP contribution is 2.31. The van der Waals surface area contributed by atoms with Crippen LogP contribution in [-0.4, -0.2) is 59.0 Å². The minimum Gasteiger partial charge on any atom is -0.502 e. The van der Waals surface area contributed by atoms with Crippen molar-refractivity contribution in [1.29, 1.82) is 0 Å². The first-order chi connectivity index (χ1) is 16.2. The van der Waals surface area contributed by atoms with Gasteiger partial charge in [-0.15, -0.1) is 0 Å². The molecule has 2 aliphatic rings. The van der Waals surface area contributed by atoms with Gasteiger partial charge in [0.15, 0.2) is 11.4 Å². The minimum absolute atomic E-state index is 0.125. The summed E-state index contributed by atoms with van der Waals surface area (Å²) in [6.07, 6.45) is 3.49. The standard InChI is InChI=1S/C24H29FN4O5/c1-14-7-8-16(18(25)10-14)11-26-23(32)17-12-28-20(22(31)21(17)30)24(33)29(15(2)13-34-3)19-6-4-5-9-27(19)28/h7-8,10,12,15,19,31H,4-6,9,11,13H2,1-3H3,(H,26,32)/t15-,19+/m0/s1. The van der Waals surface area contributed by atoms with E-state index in [9.17, 15) is 23.9 Å². The van der Waals surface area contributed by atoms with Crippen LogP contribution >= 0.6 is 0 Å². The number of halogens is 1. The molecule has 0 radical (unpaired) electrons. The highest BCUT2D eigenvalue weighted by atomic mass is 19.1. The zero-order chi connectivity index (χ0) is 24.6. The lowest BCUT2D eigenvalue weighted by molar-refractivity contribution is 0.0245. The molecule has 10 heteroatoms. The molecule has 0 aliphatic carbocycles. The predicted molar refractivity (Wildman–Crippen MR) is 123 cm³/mol. The van der Waals surface area contributed by atoms with Crippen LogP contribution in [0.2, 0.25) is 0 Å². The van der Waals surface area contributed by atoms with Gasteiger partial charge >= 0.3 is 0 Å². The average molecular weight is 473 g/mol. The molecule has 1 fully saturated rings. The summed E-state index contributed by atoms with van der Waals surface area (Å²) in [7, 11) is 1.55. The van der Waals surface area contributed by atoms with Crippen LogP contribution in [0, 0.1) is 12.7 Å². The number of ether oxygens (including phenoxy) is 1. The Labute approximate surface area is 196 Å². The first-order valence-electron chi connectivity index (χ1n) is 11.3. The maximum Gasteiger partial charge on any atom is 0.278 e. The molecule has 0 saturated carbocycles. The Hall–Kier alpha value is -3.40. The van der Waals surface area contributed by atoms with Gasteiger partial charge in [-0.3, -0.25) is 24.1 Å². The maximum absolute atomic E-state index is 14.1. The molecule has 1 saturated heterocycles. The fourth-order valence-electron chi connectivity index (χ4n) is 4.72. The number of aromatic hydroxyl groups is 1. The van der Waals surface area contributed by atoms with E-state index in [-0.39, 0.29) is 35.6 Å². The van der Waals surface area contributed by atoms with Crippen molar-refractivity contribution in [3.05, 3.63) is 62.8 Å². The molecule has 34 heavy (non-hydrogen) atoms. The highest BCUT2D eigenvalue weighted by molar-refractivity contribution is 5.99. The van der Waals surface area contributed by atoms with Gasteiger partial charge < -0.3 is 20.1 Å². The number of methoxy groups -OCH3 is 1. The second-order valence-electron chi connectivity index (χ2n) is 8.85. The van der Waals surface area contributed by atoms with Crippen molar-refractivity contribution in [2.24, 2.45) is 0 Å². The Bertz CT molecular complexity index is 1180. The van der Waals surface area contributed by atoms with Gasteiger partial charge in [0.25, 0.3) is 11.8 Å². The van der Waals surface area contributed by atoms with Crippen LogP contribution in [0.25, 0.3) is 0 Å². The SMILES string of the molecule is COC[C@H](C)N1C(=O)c2c(O)c(=O)c(C(=O)NCc3ccc(C)cc3F)cn2N2CCCC[C@@H]12. The number of aryl methyl sites for hydroxylation is 1. The summed E-state index contributed by atoms with van der Waals surface area (Å²) in [6, 6.07) is 4.37. The third-order valence-corrected chi connectivity index (χ3v) is 6.42. The van der Waals surface area contributed by atoms with Crippen molar-refractivity contribution >= 4 is 11.8 Å². The maximum atomic E-state index is 14.1. The van der Waals surface area contributed by atoms with Gasteiger partial charge in [-0.25, -0.2) is 4.39 Å². The molecule has 4 rings (SSSR count). The van der Waals surface area contributed by atoms with E-state index < -0.39 is 28.8 Å². The van der Waals surface area contributed by atoms with Gasteiger partial charge in [-0.05, 0) is 44.7 Å². The number of benzene rings is 1. The third kappa shape index (κ3) is 4.13. The van der Waals surface area contributed by atoms with E-state index in [1.807, 2.05) is 11.9 Å². The topological polar surface area (TPSA) is 104 Å². The largest absolute Gasteiger partial charge is 0.502 e. The fourth-order valence-corrected chi connectivity index (χ4v) is 4.72. The lowest BCUT2D eigenvalue weighted by atomic mass is 10.0. The van der Waals surface area contributed by atoms with Gasteiger partial charge in [0.05, 0.1) is 12.6 Å². The second-order valence-corrected chi connectivity index (χ2v) is 8.85. The number of hydrogen-bond acceptors (Lipinski definition) is 6. The lowest BCUT2D eigenvalue weighted by Crippen LogP contribution is -2.65. The second kappa shape index (κ2) is 9.46. The van der Waals surface area contributed by atoms with Crippen molar-refractivity contribution in [2.75, 3.05) is 25.3 Å². The molecule has 2 aromatic rings. The first kappa shape index (κ1) is 23.7. The summed E-state index contributed by atoms with van der Waals surface area (Å²) >= 11 is 0. The molecule has 2 amide bonds. The van der Waals surface area contributed by atoms with E-state index in [0.29, 0.717) is 19.6 Å². The highest BCUT2D eigenvalue weighted by Gasteiger charge is 2.43. The number of hydrogen-bond donors (Lipinski definition) is 2. The number of pyridine rings is 1. The van der Waals surface area contributed by atoms with Gasteiger partial charge in [0.1, 0.15) is 17.5 Å². The van der Waals surface area contributed by atoms with Crippen LogP contribution in [0.5, 0.6) is 5.75 Å². The molecule has 0 bridgehead atoms. The number of aromatic nitrogens is 1. The molecule has 3 heterocycles. The Morgan fingerprint density at radius 1 is 1.32 bits per heavy atom. The number of piperidine rings is 1. The van der Waals surface area contributed by atoms with E-state index >= 15 is 0 Å². The van der Waals surface area contributed by atoms with Gasteiger partial charge in [-0.2, -0.15) is 0 Å². The van der Waals surface area contributed by atoms with Crippen molar-refractivity contribution in [3.63, 3.8) is 0 Å². The van der Waals surface area contributed by atoms with Crippen LogP contribution in [0.4, 0.5) is 4.39 Å². The average Bonchev–Trinajstić information content (AvgIpc) is 2.80. The van der Waals surface area contributed by atoms with Crippen LogP contribution in [0.3, 0.4) is 0 Å². The molecule has 2 atom stereocenters. The Balaban J connectivity index is 1.69. The number of nitrogens with zero attached hydrogens (tertiary/aromatic N) is 3. The Morgan fingerprint density at radius 3 is 2.79 bits per heavy atom. The van der Waals surface area contributed by atoms with Crippen LogP contribution in [-0.2, 0) is 11.3 Å². The van der Waals surface area contributed by atoms with E-state index in [0.717, 1.165) is 18.4 Å². The van der Waals surface area contributed by atoms with Crippen molar-refractivity contribution in [3.8, 4) is 5.75 Å².